The van der Waals surface area contributed by atoms with Gasteiger partial charge >= 0.3 is 12.0 Å². The number of hydrogen-bond donors (Lipinski definition) is 2. The molecule has 2 aromatic carbocycles. The predicted molar refractivity (Wildman–Crippen MR) is 125 cm³/mol. The molecule has 0 aliphatic carbocycles. The fraction of sp³-hybridized carbons (Fsp3) is 0.385. The second kappa shape index (κ2) is 9.77. The summed E-state index contributed by atoms with van der Waals surface area (Å²) < 4.78 is 16.8. The predicted octanol–water partition coefficient (Wildman–Crippen LogP) is 3.47. The van der Waals surface area contributed by atoms with Gasteiger partial charge in [0.2, 0.25) is 0 Å². The number of carbonyl (C=O) groups excluding carboxylic acids is 2. The van der Waals surface area contributed by atoms with E-state index >= 15 is 0 Å². The number of nitrogens with zero attached hydrogens (tertiary/aromatic N) is 1. The van der Waals surface area contributed by atoms with E-state index in [-0.39, 0.29) is 18.7 Å². The van der Waals surface area contributed by atoms with Crippen LogP contribution in [0.25, 0.3) is 0 Å². The van der Waals surface area contributed by atoms with Crippen LogP contribution in [-0.2, 0) is 9.53 Å². The molecule has 0 saturated carbocycles. The van der Waals surface area contributed by atoms with Crippen LogP contribution < -0.4 is 20.1 Å². The first-order valence-corrected chi connectivity index (χ1v) is 11.8. The normalized spacial score (nSPS) is 22.2. The summed E-state index contributed by atoms with van der Waals surface area (Å²) in [6, 6.07) is 14.8. The summed E-state index contributed by atoms with van der Waals surface area (Å²) in [5.41, 5.74) is 3.00. The van der Waals surface area contributed by atoms with Crippen molar-refractivity contribution in [2.75, 3.05) is 32.9 Å². The van der Waals surface area contributed by atoms with Gasteiger partial charge in [-0.2, -0.15) is 0 Å². The summed E-state index contributed by atoms with van der Waals surface area (Å²) in [7, 11) is 0. The molecule has 8 nitrogen and oxygen atoms in total. The molecule has 2 aromatic rings. The molecule has 0 aromatic heterocycles. The molecule has 0 bridgehead atoms. The van der Waals surface area contributed by atoms with Crippen LogP contribution in [0.2, 0.25) is 0 Å². The Morgan fingerprint density at radius 3 is 2.68 bits per heavy atom. The summed E-state index contributed by atoms with van der Waals surface area (Å²) >= 11 is 0. The smallest absolute Gasteiger partial charge is 0.338 e. The molecule has 3 aliphatic rings. The van der Waals surface area contributed by atoms with Crippen LogP contribution in [0.1, 0.15) is 43.0 Å². The maximum absolute atomic E-state index is 13.1. The van der Waals surface area contributed by atoms with Gasteiger partial charge in [0.15, 0.2) is 11.5 Å². The molecule has 1 fully saturated rings. The highest BCUT2D eigenvalue weighted by molar-refractivity contribution is 5.95. The van der Waals surface area contributed by atoms with Gasteiger partial charge in [-0.05, 0) is 49.6 Å². The summed E-state index contributed by atoms with van der Waals surface area (Å²) in [4.78, 5) is 28.0. The highest BCUT2D eigenvalue weighted by Crippen LogP contribution is 2.39. The second-order valence-corrected chi connectivity index (χ2v) is 8.59. The lowest BCUT2D eigenvalue weighted by molar-refractivity contribution is -0.139. The van der Waals surface area contributed by atoms with Gasteiger partial charge in [0.1, 0.15) is 13.2 Å². The van der Waals surface area contributed by atoms with E-state index < -0.39 is 12.0 Å². The van der Waals surface area contributed by atoms with Crippen molar-refractivity contribution in [1.29, 1.82) is 0 Å². The van der Waals surface area contributed by atoms with E-state index in [1.54, 1.807) is 6.92 Å². The number of nitrogens with one attached hydrogen (secondary N) is 2. The largest absolute Gasteiger partial charge is 0.486 e. The second-order valence-electron chi connectivity index (χ2n) is 8.59. The van der Waals surface area contributed by atoms with Gasteiger partial charge in [0, 0.05) is 18.3 Å². The number of ether oxygens (including phenoxy) is 3. The topological polar surface area (TPSA) is 89.1 Å². The van der Waals surface area contributed by atoms with E-state index in [0.717, 1.165) is 42.0 Å². The quantitative estimate of drug-likeness (QED) is 0.638. The highest BCUT2D eigenvalue weighted by Gasteiger charge is 2.36. The third-order valence-corrected chi connectivity index (χ3v) is 6.46. The Morgan fingerprint density at radius 2 is 1.88 bits per heavy atom. The monoisotopic (exact) mass is 463 g/mol. The van der Waals surface area contributed by atoms with Gasteiger partial charge in [0.25, 0.3) is 0 Å². The molecule has 2 atom stereocenters. The number of hydrogen-bond acceptors (Lipinski definition) is 6. The molecular weight excluding hydrogens is 434 g/mol. The van der Waals surface area contributed by atoms with Crippen molar-refractivity contribution in [2.45, 2.75) is 31.8 Å². The molecular formula is C26H29N3O5. The molecule has 5 rings (SSSR count). The Balaban J connectivity index is 1.47. The minimum Gasteiger partial charge on any atom is -0.486 e. The number of benzene rings is 2. The third-order valence-electron chi connectivity index (χ3n) is 6.46. The van der Waals surface area contributed by atoms with E-state index in [9.17, 15) is 9.59 Å². The molecule has 2 N–H and O–H groups in total. The minimum absolute atomic E-state index is 0.147. The van der Waals surface area contributed by atoms with Crippen LogP contribution in [-0.4, -0.2) is 49.8 Å². The number of esters is 1. The summed E-state index contributed by atoms with van der Waals surface area (Å²) in [6.45, 7) is 4.43. The Labute approximate surface area is 198 Å². The number of amides is 2. The zero-order chi connectivity index (χ0) is 23.5. The Hall–Kier alpha value is -3.52. The summed E-state index contributed by atoms with van der Waals surface area (Å²) in [6.07, 6.45) is 2.01. The van der Waals surface area contributed by atoms with Crippen molar-refractivity contribution in [2.24, 2.45) is 0 Å². The van der Waals surface area contributed by atoms with Crippen molar-refractivity contribution in [1.82, 2.24) is 15.5 Å². The van der Waals surface area contributed by atoms with Crippen molar-refractivity contribution >= 4 is 12.0 Å². The summed E-state index contributed by atoms with van der Waals surface area (Å²) in [5.74, 6) is 1.11. The SMILES string of the molecule is CCOC(=O)C1=C(CN2CCC[C@H]2c2ccc3c(c2)OCCO3)NC(=O)N[C@H]1c1ccccc1. The van der Waals surface area contributed by atoms with Gasteiger partial charge in [-0.1, -0.05) is 36.4 Å². The fourth-order valence-electron chi connectivity index (χ4n) is 4.95. The van der Waals surface area contributed by atoms with E-state index in [1.165, 1.54) is 0 Å². The van der Waals surface area contributed by atoms with Gasteiger partial charge in [-0.15, -0.1) is 0 Å². The van der Waals surface area contributed by atoms with Gasteiger partial charge in [-0.25, -0.2) is 9.59 Å². The molecule has 0 unspecified atom stereocenters. The zero-order valence-electron chi connectivity index (χ0n) is 19.2. The molecule has 8 heteroatoms. The Morgan fingerprint density at radius 1 is 1.09 bits per heavy atom. The van der Waals surface area contributed by atoms with E-state index in [2.05, 4.69) is 21.6 Å². The van der Waals surface area contributed by atoms with Crippen LogP contribution in [0.3, 0.4) is 0 Å². The number of likely N-dealkylation sites (tertiary alicyclic amines) is 1. The molecule has 34 heavy (non-hydrogen) atoms. The molecule has 1 saturated heterocycles. The van der Waals surface area contributed by atoms with Crippen LogP contribution in [0.5, 0.6) is 11.5 Å². The highest BCUT2D eigenvalue weighted by atomic mass is 16.6. The van der Waals surface area contributed by atoms with E-state index in [1.807, 2.05) is 42.5 Å². The fourth-order valence-corrected chi connectivity index (χ4v) is 4.95. The van der Waals surface area contributed by atoms with Crippen LogP contribution in [0.15, 0.2) is 59.8 Å². The molecule has 2 amide bonds. The number of rotatable bonds is 6. The van der Waals surface area contributed by atoms with Crippen molar-refractivity contribution in [3.63, 3.8) is 0 Å². The average Bonchev–Trinajstić information content (AvgIpc) is 3.32. The van der Waals surface area contributed by atoms with Crippen molar-refractivity contribution < 1.29 is 23.8 Å². The zero-order valence-corrected chi connectivity index (χ0v) is 19.2. The number of carbonyl (C=O) groups is 2. The van der Waals surface area contributed by atoms with Crippen LogP contribution in [0.4, 0.5) is 4.79 Å². The van der Waals surface area contributed by atoms with Crippen molar-refractivity contribution in [3.05, 3.63) is 70.9 Å². The lowest BCUT2D eigenvalue weighted by Gasteiger charge is -2.33. The lowest BCUT2D eigenvalue weighted by Crippen LogP contribution is -2.48. The standard InChI is InChI=1S/C26H29N3O5/c1-2-32-25(30)23-19(27-26(31)28-24(23)17-7-4-3-5-8-17)16-29-12-6-9-20(29)18-10-11-21-22(15-18)34-14-13-33-21/h3-5,7-8,10-11,15,20,24H,2,6,9,12-14,16H2,1H3,(H2,27,28,31)/t20-,24-/m0/s1. The first kappa shape index (κ1) is 22.3. The molecule has 0 radical (unpaired) electrons. The molecule has 3 aliphatic heterocycles. The number of fused-ring (bicyclic) bond motifs is 1. The van der Waals surface area contributed by atoms with Gasteiger partial charge in [0.05, 0.1) is 18.2 Å². The van der Waals surface area contributed by atoms with Gasteiger partial charge in [-0.3, -0.25) is 4.90 Å². The first-order chi connectivity index (χ1) is 16.6. The van der Waals surface area contributed by atoms with E-state index in [0.29, 0.717) is 31.0 Å². The lowest BCUT2D eigenvalue weighted by atomic mass is 9.94. The number of urea groups is 1. The van der Waals surface area contributed by atoms with Crippen LogP contribution >= 0.6 is 0 Å². The average molecular weight is 464 g/mol. The Bertz CT molecular complexity index is 1100. The maximum atomic E-state index is 13.1. The van der Waals surface area contributed by atoms with Gasteiger partial charge < -0.3 is 24.8 Å². The minimum atomic E-state index is -0.570. The molecule has 3 heterocycles. The summed E-state index contributed by atoms with van der Waals surface area (Å²) in [5, 5.41) is 5.79. The third kappa shape index (κ3) is 4.46. The molecule has 178 valence electrons. The van der Waals surface area contributed by atoms with Crippen molar-refractivity contribution in [3.8, 4) is 11.5 Å². The first-order valence-electron chi connectivity index (χ1n) is 11.8. The Kier molecular flexibility index (Phi) is 6.40. The maximum Gasteiger partial charge on any atom is 0.338 e. The van der Waals surface area contributed by atoms with Crippen LogP contribution in [0, 0.1) is 0 Å². The van der Waals surface area contributed by atoms with E-state index in [4.69, 9.17) is 14.2 Å². The molecule has 0 spiro atoms.